The molecule has 0 aromatic carbocycles. The molecule has 0 bridgehead atoms. The molecular formula is C11H11F3N6O2S. The second-order valence-corrected chi connectivity index (χ2v) is 5.31. The number of carbonyl (C=O) groups excluding carboxylic acids is 2. The third kappa shape index (κ3) is 5.02. The molecule has 0 aliphatic heterocycles. The second-order valence-electron chi connectivity index (χ2n) is 4.46. The van der Waals surface area contributed by atoms with Gasteiger partial charge >= 0.3 is 18.0 Å². The summed E-state index contributed by atoms with van der Waals surface area (Å²) in [5.41, 5.74) is -0.228. The Morgan fingerprint density at radius 1 is 1.39 bits per heavy atom. The Morgan fingerprint density at radius 3 is 2.74 bits per heavy atom. The normalized spacial score (nSPS) is 12.7. The fourth-order valence-corrected chi connectivity index (χ4v) is 2.26. The zero-order valence-electron chi connectivity index (χ0n) is 11.6. The fourth-order valence-electron chi connectivity index (χ4n) is 1.56. The summed E-state index contributed by atoms with van der Waals surface area (Å²) in [5, 5.41) is 11.7. The Labute approximate surface area is 131 Å². The van der Waals surface area contributed by atoms with E-state index in [1.54, 1.807) is 6.92 Å². The van der Waals surface area contributed by atoms with Gasteiger partial charge < -0.3 is 5.32 Å². The van der Waals surface area contributed by atoms with E-state index >= 15 is 0 Å². The molecule has 124 valence electrons. The zero-order chi connectivity index (χ0) is 17.0. The van der Waals surface area contributed by atoms with Crippen molar-refractivity contribution in [3.05, 3.63) is 23.2 Å². The molecule has 0 radical (unpaired) electrons. The number of H-pyrrole nitrogens is 1. The van der Waals surface area contributed by atoms with E-state index in [2.05, 4.69) is 30.8 Å². The molecule has 8 nitrogen and oxygen atoms in total. The Kier molecular flexibility index (Phi) is 4.93. The van der Waals surface area contributed by atoms with Gasteiger partial charge in [0.05, 0.1) is 18.2 Å². The molecule has 0 saturated carbocycles. The van der Waals surface area contributed by atoms with Crippen LogP contribution in [0.2, 0.25) is 0 Å². The highest BCUT2D eigenvalue weighted by Crippen LogP contribution is 2.24. The van der Waals surface area contributed by atoms with Crippen molar-refractivity contribution in [2.75, 3.05) is 5.32 Å². The largest absolute Gasteiger partial charge is 0.394 e. The number of aromatic amines is 1. The average molecular weight is 348 g/mol. The Bertz CT molecular complexity index is 684. The summed E-state index contributed by atoms with van der Waals surface area (Å²) >= 11 is 0.801. The highest BCUT2D eigenvalue weighted by molar-refractivity contribution is 7.14. The van der Waals surface area contributed by atoms with E-state index < -0.39 is 30.5 Å². The van der Waals surface area contributed by atoms with Crippen molar-refractivity contribution in [2.24, 2.45) is 0 Å². The van der Waals surface area contributed by atoms with Crippen molar-refractivity contribution in [3.63, 3.8) is 0 Å². The number of hydrogen-bond donors (Lipinski definition) is 3. The maximum atomic E-state index is 12.2. The predicted octanol–water partition coefficient (Wildman–Crippen LogP) is 1.18. The van der Waals surface area contributed by atoms with E-state index in [4.69, 9.17) is 0 Å². The Hall–Kier alpha value is -2.50. The van der Waals surface area contributed by atoms with Crippen molar-refractivity contribution in [2.45, 2.75) is 25.6 Å². The molecule has 2 heterocycles. The van der Waals surface area contributed by atoms with E-state index in [0.29, 0.717) is 5.82 Å². The van der Waals surface area contributed by atoms with E-state index in [0.717, 1.165) is 16.7 Å². The number of anilines is 1. The summed E-state index contributed by atoms with van der Waals surface area (Å²) in [5.74, 6) is -1.65. The summed E-state index contributed by atoms with van der Waals surface area (Å²) in [6, 6.07) is -0.590. The maximum absolute atomic E-state index is 12.2. The van der Waals surface area contributed by atoms with Gasteiger partial charge in [-0.25, -0.2) is 9.97 Å². The monoisotopic (exact) mass is 348 g/mol. The topological polar surface area (TPSA) is 113 Å². The smallest absolute Gasteiger partial charge is 0.338 e. The number of rotatable bonds is 4. The molecule has 1 unspecified atom stereocenters. The molecule has 2 aromatic rings. The first-order chi connectivity index (χ1) is 10.7. The van der Waals surface area contributed by atoms with Crippen LogP contribution >= 0.6 is 11.3 Å². The van der Waals surface area contributed by atoms with Crippen LogP contribution in [0.3, 0.4) is 0 Å². The molecule has 2 aromatic heterocycles. The molecule has 1 atom stereocenters. The number of hydrogen-bond acceptors (Lipinski definition) is 6. The number of amides is 2. The highest BCUT2D eigenvalue weighted by Gasteiger charge is 2.29. The van der Waals surface area contributed by atoms with Gasteiger partial charge in [0.25, 0.3) is 0 Å². The fraction of sp³-hybridized carbons (Fsp3) is 0.364. The number of thiazole rings is 1. The van der Waals surface area contributed by atoms with Crippen molar-refractivity contribution in [1.29, 1.82) is 0 Å². The SMILES string of the molecule is CC(NC(=O)C(=O)Nc1nc(CC(F)(F)F)cs1)c1ncn[nH]1. The first-order valence-electron chi connectivity index (χ1n) is 6.23. The lowest BCUT2D eigenvalue weighted by atomic mass is 10.3. The molecule has 3 N–H and O–H groups in total. The number of carbonyl (C=O) groups is 2. The third-order valence-electron chi connectivity index (χ3n) is 2.55. The van der Waals surface area contributed by atoms with Crippen LogP contribution in [0.1, 0.15) is 24.5 Å². The van der Waals surface area contributed by atoms with Gasteiger partial charge in [0, 0.05) is 5.38 Å². The second kappa shape index (κ2) is 6.73. The van der Waals surface area contributed by atoms with Gasteiger partial charge in [0.15, 0.2) is 5.13 Å². The number of nitrogens with one attached hydrogen (secondary N) is 3. The van der Waals surface area contributed by atoms with Crippen LogP contribution in [0.5, 0.6) is 0 Å². The van der Waals surface area contributed by atoms with Crippen LogP contribution in [-0.4, -0.2) is 38.2 Å². The molecule has 2 amide bonds. The Morgan fingerprint density at radius 2 is 2.13 bits per heavy atom. The standard InChI is InChI=1S/C11H11F3N6O2S/c1-5(7-15-4-16-20-7)17-8(21)9(22)19-10-18-6(3-23-10)2-11(12,13)14/h3-5H,2H2,1H3,(H,17,21)(H,15,16,20)(H,18,19,22). The van der Waals surface area contributed by atoms with E-state index in [1.165, 1.54) is 6.33 Å². The Balaban J connectivity index is 1.90. The molecule has 2 rings (SSSR count). The third-order valence-corrected chi connectivity index (χ3v) is 3.36. The summed E-state index contributed by atoms with van der Waals surface area (Å²) in [6.07, 6.45) is -4.34. The molecule has 12 heteroatoms. The van der Waals surface area contributed by atoms with Crippen LogP contribution < -0.4 is 10.6 Å². The van der Waals surface area contributed by atoms with Gasteiger partial charge in [-0.15, -0.1) is 11.3 Å². The summed E-state index contributed by atoms with van der Waals surface area (Å²) in [6.45, 7) is 1.58. The molecule has 23 heavy (non-hydrogen) atoms. The van der Waals surface area contributed by atoms with E-state index in [9.17, 15) is 22.8 Å². The minimum atomic E-state index is -4.39. The van der Waals surface area contributed by atoms with Crippen LogP contribution in [0.4, 0.5) is 18.3 Å². The summed E-state index contributed by atoms with van der Waals surface area (Å²) in [7, 11) is 0. The number of aromatic nitrogens is 4. The van der Waals surface area contributed by atoms with E-state index in [-0.39, 0.29) is 10.8 Å². The predicted molar refractivity (Wildman–Crippen MR) is 73.4 cm³/mol. The van der Waals surface area contributed by atoms with Crippen LogP contribution in [0, 0.1) is 0 Å². The van der Waals surface area contributed by atoms with Crippen molar-refractivity contribution in [1.82, 2.24) is 25.5 Å². The zero-order valence-corrected chi connectivity index (χ0v) is 12.5. The van der Waals surface area contributed by atoms with Crippen LogP contribution in [0.25, 0.3) is 0 Å². The number of nitrogens with zero attached hydrogens (tertiary/aromatic N) is 3. The van der Waals surface area contributed by atoms with Gasteiger partial charge in [-0.2, -0.15) is 18.3 Å². The minimum absolute atomic E-state index is 0.0864. The number of halogens is 3. The van der Waals surface area contributed by atoms with Crippen LogP contribution in [0.15, 0.2) is 11.7 Å². The molecule has 0 fully saturated rings. The molecule has 0 aliphatic rings. The van der Waals surface area contributed by atoms with Gasteiger partial charge in [-0.3, -0.25) is 20.0 Å². The highest BCUT2D eigenvalue weighted by atomic mass is 32.1. The van der Waals surface area contributed by atoms with Gasteiger partial charge in [-0.05, 0) is 6.92 Å². The van der Waals surface area contributed by atoms with Gasteiger partial charge in [-0.1, -0.05) is 0 Å². The molecule has 0 saturated heterocycles. The van der Waals surface area contributed by atoms with E-state index in [1.807, 2.05) is 0 Å². The molecule has 0 spiro atoms. The first-order valence-corrected chi connectivity index (χ1v) is 7.11. The molecular weight excluding hydrogens is 337 g/mol. The minimum Gasteiger partial charge on any atom is -0.338 e. The van der Waals surface area contributed by atoms with Crippen molar-refractivity contribution >= 4 is 28.3 Å². The van der Waals surface area contributed by atoms with Crippen LogP contribution in [-0.2, 0) is 16.0 Å². The maximum Gasteiger partial charge on any atom is 0.394 e. The average Bonchev–Trinajstić information content (AvgIpc) is 3.08. The van der Waals surface area contributed by atoms with Crippen molar-refractivity contribution < 1.29 is 22.8 Å². The number of alkyl halides is 3. The lowest BCUT2D eigenvalue weighted by molar-refractivity contribution is -0.136. The van der Waals surface area contributed by atoms with Gasteiger partial charge in [0.1, 0.15) is 12.2 Å². The van der Waals surface area contributed by atoms with Crippen molar-refractivity contribution in [3.8, 4) is 0 Å². The first kappa shape index (κ1) is 16.9. The quantitative estimate of drug-likeness (QED) is 0.718. The lowest BCUT2D eigenvalue weighted by Crippen LogP contribution is -2.37. The van der Waals surface area contributed by atoms with Gasteiger partial charge in [0.2, 0.25) is 0 Å². The summed E-state index contributed by atoms with van der Waals surface area (Å²) < 4.78 is 36.7. The molecule has 0 aliphatic carbocycles. The summed E-state index contributed by atoms with van der Waals surface area (Å²) in [4.78, 5) is 30.8. The lowest BCUT2D eigenvalue weighted by Gasteiger charge is -2.10.